The van der Waals surface area contributed by atoms with E-state index in [4.69, 9.17) is 0 Å². The predicted octanol–water partition coefficient (Wildman–Crippen LogP) is 1.14. The van der Waals surface area contributed by atoms with E-state index in [0.717, 1.165) is 11.5 Å². The van der Waals surface area contributed by atoms with Crippen LogP contribution in [0.5, 0.6) is 0 Å². The van der Waals surface area contributed by atoms with Crippen molar-refractivity contribution in [3.05, 3.63) is 30.2 Å². The molecular formula is C12H16N4OS. The zero-order chi connectivity index (χ0) is 13.0. The highest BCUT2D eigenvalue weighted by atomic mass is 32.2. The van der Waals surface area contributed by atoms with Gasteiger partial charge in [0, 0.05) is 19.2 Å². The molecule has 2 aromatic rings. The molecule has 0 fully saturated rings. The SMILES string of the molecule is CS[C@@H](C)C(=O)NCCc1nnc2ccccn12. The Bertz CT molecular complexity index is 540. The number of pyridine rings is 1. The second-order valence-corrected chi connectivity index (χ2v) is 5.14. The van der Waals surface area contributed by atoms with Crippen molar-refractivity contribution in [1.82, 2.24) is 19.9 Å². The molecule has 1 atom stereocenters. The minimum atomic E-state index is -0.0138. The van der Waals surface area contributed by atoms with Crippen LogP contribution < -0.4 is 5.32 Å². The molecule has 2 heterocycles. The van der Waals surface area contributed by atoms with Crippen LogP contribution in [-0.2, 0) is 11.2 Å². The second kappa shape index (κ2) is 5.86. The van der Waals surface area contributed by atoms with Gasteiger partial charge in [0.2, 0.25) is 5.91 Å². The van der Waals surface area contributed by atoms with Crippen molar-refractivity contribution < 1.29 is 4.79 Å². The molecule has 0 spiro atoms. The van der Waals surface area contributed by atoms with E-state index in [-0.39, 0.29) is 11.2 Å². The smallest absolute Gasteiger partial charge is 0.232 e. The van der Waals surface area contributed by atoms with E-state index in [1.165, 1.54) is 11.8 Å². The van der Waals surface area contributed by atoms with Crippen LogP contribution in [-0.4, -0.2) is 38.6 Å². The van der Waals surface area contributed by atoms with Crippen molar-refractivity contribution in [3.8, 4) is 0 Å². The van der Waals surface area contributed by atoms with Crippen LogP contribution in [0.15, 0.2) is 24.4 Å². The minimum absolute atomic E-state index is 0.0138. The fraction of sp³-hybridized carbons (Fsp3) is 0.417. The molecule has 0 saturated carbocycles. The quantitative estimate of drug-likeness (QED) is 0.880. The van der Waals surface area contributed by atoms with Crippen molar-refractivity contribution in [1.29, 1.82) is 0 Å². The zero-order valence-corrected chi connectivity index (χ0v) is 11.3. The summed E-state index contributed by atoms with van der Waals surface area (Å²) in [5, 5.41) is 11.1. The molecular weight excluding hydrogens is 248 g/mol. The van der Waals surface area contributed by atoms with Crippen LogP contribution in [0.25, 0.3) is 5.65 Å². The monoisotopic (exact) mass is 264 g/mol. The highest BCUT2D eigenvalue weighted by Crippen LogP contribution is 2.05. The first kappa shape index (κ1) is 12.9. The van der Waals surface area contributed by atoms with Crippen molar-refractivity contribution in [2.75, 3.05) is 12.8 Å². The Kier molecular flexibility index (Phi) is 4.19. The average molecular weight is 264 g/mol. The van der Waals surface area contributed by atoms with Crippen molar-refractivity contribution in [2.24, 2.45) is 0 Å². The number of fused-ring (bicyclic) bond motifs is 1. The summed E-state index contributed by atoms with van der Waals surface area (Å²) in [5.41, 5.74) is 0.830. The first-order valence-electron chi connectivity index (χ1n) is 5.81. The maximum Gasteiger partial charge on any atom is 0.232 e. The van der Waals surface area contributed by atoms with Gasteiger partial charge in [-0.25, -0.2) is 0 Å². The van der Waals surface area contributed by atoms with Crippen molar-refractivity contribution >= 4 is 23.3 Å². The third-order valence-corrected chi connectivity index (χ3v) is 3.68. The summed E-state index contributed by atoms with van der Waals surface area (Å²) in [4.78, 5) is 11.6. The molecule has 0 aliphatic rings. The summed E-state index contributed by atoms with van der Waals surface area (Å²) in [5.74, 6) is 0.930. The number of carbonyl (C=O) groups is 1. The number of hydrogen-bond donors (Lipinski definition) is 1. The van der Waals surface area contributed by atoms with Gasteiger partial charge in [-0.3, -0.25) is 9.20 Å². The van der Waals surface area contributed by atoms with Gasteiger partial charge in [-0.15, -0.1) is 10.2 Å². The van der Waals surface area contributed by atoms with Gasteiger partial charge < -0.3 is 5.32 Å². The van der Waals surface area contributed by atoms with Crippen LogP contribution in [0.4, 0.5) is 0 Å². The lowest BCUT2D eigenvalue weighted by Gasteiger charge is -2.08. The zero-order valence-electron chi connectivity index (χ0n) is 10.5. The molecule has 2 aromatic heterocycles. The van der Waals surface area contributed by atoms with Crippen LogP contribution in [0.1, 0.15) is 12.7 Å². The molecule has 0 aliphatic heterocycles. The molecule has 0 aromatic carbocycles. The molecule has 0 saturated heterocycles. The van der Waals surface area contributed by atoms with Crippen LogP contribution in [0, 0.1) is 0 Å². The van der Waals surface area contributed by atoms with Crippen LogP contribution in [0.2, 0.25) is 0 Å². The fourth-order valence-corrected chi connectivity index (χ4v) is 1.91. The van der Waals surface area contributed by atoms with Gasteiger partial charge in [-0.2, -0.15) is 11.8 Å². The minimum Gasteiger partial charge on any atom is -0.355 e. The second-order valence-electron chi connectivity index (χ2n) is 3.96. The predicted molar refractivity (Wildman–Crippen MR) is 72.7 cm³/mol. The lowest BCUT2D eigenvalue weighted by atomic mass is 10.3. The van der Waals surface area contributed by atoms with Crippen molar-refractivity contribution in [3.63, 3.8) is 0 Å². The molecule has 0 bridgehead atoms. The largest absolute Gasteiger partial charge is 0.355 e. The summed E-state index contributed by atoms with van der Waals surface area (Å²) in [6.07, 6.45) is 4.53. The number of hydrogen-bond acceptors (Lipinski definition) is 4. The third-order valence-electron chi connectivity index (χ3n) is 2.75. The first-order chi connectivity index (χ1) is 8.72. The van der Waals surface area contributed by atoms with Gasteiger partial charge in [-0.1, -0.05) is 6.07 Å². The normalized spacial score (nSPS) is 12.6. The number of carbonyl (C=O) groups excluding carboxylic acids is 1. The lowest BCUT2D eigenvalue weighted by Crippen LogP contribution is -2.32. The van der Waals surface area contributed by atoms with Gasteiger partial charge >= 0.3 is 0 Å². The highest BCUT2D eigenvalue weighted by molar-refractivity contribution is 7.99. The number of aromatic nitrogens is 3. The van der Waals surface area contributed by atoms with E-state index < -0.39 is 0 Å². The van der Waals surface area contributed by atoms with Crippen LogP contribution in [0.3, 0.4) is 0 Å². The Morgan fingerprint density at radius 3 is 3.11 bits per heavy atom. The molecule has 0 aliphatic carbocycles. The number of rotatable bonds is 5. The molecule has 0 radical (unpaired) electrons. The fourth-order valence-electron chi connectivity index (χ4n) is 1.61. The first-order valence-corrected chi connectivity index (χ1v) is 7.10. The van der Waals surface area contributed by atoms with Gasteiger partial charge in [-0.05, 0) is 25.3 Å². The van der Waals surface area contributed by atoms with E-state index in [1.54, 1.807) is 0 Å². The van der Waals surface area contributed by atoms with Crippen molar-refractivity contribution in [2.45, 2.75) is 18.6 Å². The summed E-state index contributed by atoms with van der Waals surface area (Å²) in [6, 6.07) is 5.77. The molecule has 0 unspecified atom stereocenters. The number of thioether (sulfide) groups is 1. The Labute approximate surface area is 110 Å². The topological polar surface area (TPSA) is 59.3 Å². The van der Waals surface area contributed by atoms with Gasteiger partial charge in [0.1, 0.15) is 5.82 Å². The van der Waals surface area contributed by atoms with Crippen LogP contribution >= 0.6 is 11.8 Å². The van der Waals surface area contributed by atoms with Gasteiger partial charge in [0.25, 0.3) is 0 Å². The summed E-state index contributed by atoms with van der Waals surface area (Å²) in [6.45, 7) is 2.48. The number of amides is 1. The summed E-state index contributed by atoms with van der Waals surface area (Å²) < 4.78 is 1.93. The maximum absolute atomic E-state index is 11.6. The molecule has 1 N–H and O–H groups in total. The number of nitrogens with zero attached hydrogens (tertiary/aromatic N) is 3. The van der Waals surface area contributed by atoms with Gasteiger partial charge in [0.15, 0.2) is 5.65 Å². The molecule has 18 heavy (non-hydrogen) atoms. The average Bonchev–Trinajstić information content (AvgIpc) is 2.81. The summed E-state index contributed by atoms with van der Waals surface area (Å²) in [7, 11) is 0. The molecule has 96 valence electrons. The molecule has 1 amide bonds. The van der Waals surface area contributed by atoms with E-state index in [1.807, 2.05) is 42.0 Å². The highest BCUT2D eigenvalue weighted by Gasteiger charge is 2.10. The van der Waals surface area contributed by atoms with E-state index in [2.05, 4.69) is 15.5 Å². The maximum atomic E-state index is 11.6. The lowest BCUT2D eigenvalue weighted by molar-refractivity contribution is -0.120. The van der Waals surface area contributed by atoms with E-state index in [9.17, 15) is 4.79 Å². The summed E-state index contributed by atoms with van der Waals surface area (Å²) >= 11 is 1.54. The van der Waals surface area contributed by atoms with Gasteiger partial charge in [0.05, 0.1) is 5.25 Å². The molecule has 2 rings (SSSR count). The van der Waals surface area contributed by atoms with E-state index >= 15 is 0 Å². The molecule has 5 nitrogen and oxygen atoms in total. The standard InChI is InChI=1S/C12H16N4OS/c1-9(18-2)12(17)13-7-6-11-15-14-10-5-3-4-8-16(10)11/h3-5,8-9H,6-7H2,1-2H3,(H,13,17)/t9-/m0/s1. The Morgan fingerprint density at radius 1 is 1.50 bits per heavy atom. The Balaban J connectivity index is 1.93. The Morgan fingerprint density at radius 2 is 2.33 bits per heavy atom. The third kappa shape index (κ3) is 2.81. The van der Waals surface area contributed by atoms with E-state index in [0.29, 0.717) is 13.0 Å². The Hall–Kier alpha value is -1.56. The molecule has 6 heteroatoms. The number of nitrogens with one attached hydrogen (secondary N) is 1.